The molecule has 40 heavy (non-hydrogen) atoms. The number of para-hydroxylation sites is 1. The van der Waals surface area contributed by atoms with Crippen LogP contribution in [0.15, 0.2) is 72.8 Å². The molecule has 0 aromatic heterocycles. The predicted molar refractivity (Wildman–Crippen MR) is 161 cm³/mol. The highest BCUT2D eigenvalue weighted by atomic mass is 35.5. The van der Waals surface area contributed by atoms with Crippen molar-refractivity contribution in [2.75, 3.05) is 18.4 Å². The molecule has 2 atom stereocenters. The third kappa shape index (κ3) is 6.73. The van der Waals surface area contributed by atoms with Gasteiger partial charge in [0.1, 0.15) is 6.04 Å². The smallest absolute Gasteiger partial charge is 0.251 e. The molecule has 2 N–H and O–H groups in total. The van der Waals surface area contributed by atoms with E-state index >= 15 is 0 Å². The number of anilines is 1. The number of likely N-dealkylation sites (tertiary alicyclic amines) is 1. The van der Waals surface area contributed by atoms with E-state index in [0.717, 1.165) is 17.5 Å². The van der Waals surface area contributed by atoms with Gasteiger partial charge in [0.05, 0.1) is 0 Å². The number of amides is 3. The fraction of sp³-hybridized carbons (Fsp3) is 0.364. The monoisotopic (exact) mass is 559 g/mol. The average Bonchev–Trinajstić information content (AvgIpc) is 2.91. The van der Waals surface area contributed by atoms with Gasteiger partial charge in [-0.3, -0.25) is 14.4 Å². The van der Waals surface area contributed by atoms with Crippen LogP contribution in [0.5, 0.6) is 0 Å². The van der Waals surface area contributed by atoms with Crippen molar-refractivity contribution in [2.24, 2.45) is 11.3 Å². The van der Waals surface area contributed by atoms with Crippen LogP contribution >= 0.6 is 11.6 Å². The van der Waals surface area contributed by atoms with Crippen LogP contribution in [0.4, 0.5) is 5.69 Å². The Kier molecular flexibility index (Phi) is 8.99. The van der Waals surface area contributed by atoms with E-state index in [4.69, 9.17) is 11.6 Å². The highest BCUT2D eigenvalue weighted by molar-refractivity contribution is 6.30. The van der Waals surface area contributed by atoms with E-state index < -0.39 is 6.04 Å². The number of hydrogen-bond acceptors (Lipinski definition) is 3. The van der Waals surface area contributed by atoms with Crippen LogP contribution in [0.25, 0.3) is 11.1 Å². The first-order chi connectivity index (χ1) is 19.0. The second kappa shape index (κ2) is 12.3. The molecular formula is C33H38ClN3O3. The van der Waals surface area contributed by atoms with Crippen LogP contribution in [0.2, 0.25) is 5.02 Å². The van der Waals surface area contributed by atoms with Gasteiger partial charge in [-0.15, -0.1) is 0 Å². The third-order valence-electron chi connectivity index (χ3n) is 7.71. The Morgan fingerprint density at radius 3 is 2.33 bits per heavy atom. The molecule has 7 heteroatoms. The van der Waals surface area contributed by atoms with Crippen LogP contribution in [-0.4, -0.2) is 41.8 Å². The summed E-state index contributed by atoms with van der Waals surface area (Å²) in [6, 6.07) is 22.0. The van der Waals surface area contributed by atoms with E-state index in [1.54, 1.807) is 12.1 Å². The zero-order valence-electron chi connectivity index (χ0n) is 23.8. The molecule has 0 bridgehead atoms. The molecule has 3 aromatic rings. The second-order valence-corrected chi connectivity index (χ2v) is 12.1. The van der Waals surface area contributed by atoms with Gasteiger partial charge in [0.25, 0.3) is 5.91 Å². The maximum absolute atomic E-state index is 13.8. The number of carbonyl (C=O) groups excluding carboxylic acids is 3. The van der Waals surface area contributed by atoms with Gasteiger partial charge < -0.3 is 15.5 Å². The Bertz CT molecular complexity index is 1380. The van der Waals surface area contributed by atoms with Crippen molar-refractivity contribution in [3.05, 3.63) is 88.9 Å². The molecule has 1 saturated heterocycles. The average molecular weight is 560 g/mol. The summed E-state index contributed by atoms with van der Waals surface area (Å²) in [6.07, 6.45) is 0.842. The van der Waals surface area contributed by atoms with Gasteiger partial charge in [-0.1, -0.05) is 81.8 Å². The molecule has 0 unspecified atom stereocenters. The molecule has 0 saturated carbocycles. The lowest BCUT2D eigenvalue weighted by Gasteiger charge is -2.45. The standard InChI is InChI=1S/C33H38ClN3O3/c1-21(2)30(32(40)37-18-17-28(33(4,5)20-37)23-13-15-26(34)16-14-23)36-31(39)25-10-8-9-24(19-25)27-11-6-7-12-29(27)35-22(3)38/h6-16,19,21,28,30H,17-18,20H2,1-5H3,(H,35,38)(H,36,39)/t28-,30-/m1/s1. The molecular weight excluding hydrogens is 522 g/mol. The molecule has 1 fully saturated rings. The Morgan fingerprint density at radius 2 is 1.68 bits per heavy atom. The topological polar surface area (TPSA) is 78.5 Å². The molecule has 0 aliphatic carbocycles. The zero-order valence-corrected chi connectivity index (χ0v) is 24.6. The number of hydrogen-bond donors (Lipinski definition) is 2. The molecule has 0 spiro atoms. The van der Waals surface area contributed by atoms with E-state index in [1.807, 2.05) is 67.3 Å². The summed E-state index contributed by atoms with van der Waals surface area (Å²) in [5, 5.41) is 6.58. The molecule has 6 nitrogen and oxygen atoms in total. The number of halogens is 1. The lowest BCUT2D eigenvalue weighted by atomic mass is 9.70. The maximum atomic E-state index is 13.8. The number of carbonyl (C=O) groups is 3. The van der Waals surface area contributed by atoms with Gasteiger partial charge in [0, 0.05) is 41.9 Å². The molecule has 210 valence electrons. The van der Waals surface area contributed by atoms with Crippen LogP contribution in [-0.2, 0) is 9.59 Å². The second-order valence-electron chi connectivity index (χ2n) is 11.6. The molecule has 1 heterocycles. The third-order valence-corrected chi connectivity index (χ3v) is 7.96. The number of benzene rings is 3. The van der Waals surface area contributed by atoms with Crippen molar-refractivity contribution in [3.8, 4) is 11.1 Å². The van der Waals surface area contributed by atoms with E-state index in [2.05, 4.69) is 36.6 Å². The summed E-state index contributed by atoms with van der Waals surface area (Å²) >= 11 is 6.10. The van der Waals surface area contributed by atoms with Crippen molar-refractivity contribution in [3.63, 3.8) is 0 Å². The molecule has 3 amide bonds. The van der Waals surface area contributed by atoms with E-state index in [1.165, 1.54) is 12.5 Å². The SMILES string of the molecule is CC(=O)Nc1ccccc1-c1cccc(C(=O)N[C@@H](C(=O)N2CC[C@H](c3ccc(Cl)cc3)C(C)(C)C2)C(C)C)c1. The highest BCUT2D eigenvalue weighted by Gasteiger charge is 2.40. The molecule has 1 aliphatic heterocycles. The van der Waals surface area contributed by atoms with E-state index in [-0.39, 0.29) is 29.1 Å². The van der Waals surface area contributed by atoms with Crippen molar-refractivity contribution in [2.45, 2.75) is 53.0 Å². The molecule has 0 radical (unpaired) electrons. The number of nitrogens with one attached hydrogen (secondary N) is 2. The lowest BCUT2D eigenvalue weighted by molar-refractivity contribution is -0.138. The van der Waals surface area contributed by atoms with Gasteiger partial charge in [0.15, 0.2) is 0 Å². The number of nitrogens with zero attached hydrogens (tertiary/aromatic N) is 1. The van der Waals surface area contributed by atoms with Crippen molar-refractivity contribution in [1.82, 2.24) is 10.2 Å². The highest BCUT2D eigenvalue weighted by Crippen LogP contribution is 2.42. The summed E-state index contributed by atoms with van der Waals surface area (Å²) in [4.78, 5) is 40.8. The van der Waals surface area contributed by atoms with Crippen molar-refractivity contribution < 1.29 is 14.4 Å². The van der Waals surface area contributed by atoms with Gasteiger partial charge >= 0.3 is 0 Å². The van der Waals surface area contributed by atoms with Gasteiger partial charge in [0.2, 0.25) is 11.8 Å². The van der Waals surface area contributed by atoms with Gasteiger partial charge in [-0.05, 0) is 65.1 Å². The number of rotatable bonds is 7. The Labute approximate surface area is 242 Å². The van der Waals surface area contributed by atoms with Crippen LogP contribution in [0.1, 0.15) is 62.9 Å². The first kappa shape index (κ1) is 29.3. The first-order valence-corrected chi connectivity index (χ1v) is 14.2. The fourth-order valence-corrected chi connectivity index (χ4v) is 5.78. The first-order valence-electron chi connectivity index (χ1n) is 13.8. The Morgan fingerprint density at radius 1 is 0.975 bits per heavy atom. The minimum absolute atomic E-state index is 0.0573. The normalized spacial score (nSPS) is 17.3. The quantitative estimate of drug-likeness (QED) is 0.335. The van der Waals surface area contributed by atoms with E-state index in [9.17, 15) is 14.4 Å². The van der Waals surface area contributed by atoms with Crippen LogP contribution in [0, 0.1) is 11.3 Å². The van der Waals surface area contributed by atoms with Gasteiger partial charge in [-0.2, -0.15) is 0 Å². The summed E-state index contributed by atoms with van der Waals surface area (Å²) in [5.74, 6) is -0.305. The van der Waals surface area contributed by atoms with Gasteiger partial charge in [-0.25, -0.2) is 0 Å². The largest absolute Gasteiger partial charge is 0.340 e. The number of piperidine rings is 1. The summed E-state index contributed by atoms with van der Waals surface area (Å²) in [7, 11) is 0. The van der Waals surface area contributed by atoms with Crippen LogP contribution in [0.3, 0.4) is 0 Å². The molecule has 1 aliphatic rings. The molecule has 4 rings (SSSR count). The minimum Gasteiger partial charge on any atom is -0.340 e. The Balaban J connectivity index is 1.50. The van der Waals surface area contributed by atoms with Crippen molar-refractivity contribution in [1.29, 1.82) is 0 Å². The maximum Gasteiger partial charge on any atom is 0.251 e. The lowest BCUT2D eigenvalue weighted by Crippen LogP contribution is -2.55. The summed E-state index contributed by atoms with van der Waals surface area (Å²) in [5.41, 5.74) is 3.84. The summed E-state index contributed by atoms with van der Waals surface area (Å²) < 4.78 is 0. The Hall–Kier alpha value is -3.64. The van der Waals surface area contributed by atoms with E-state index in [0.29, 0.717) is 35.3 Å². The van der Waals surface area contributed by atoms with Crippen molar-refractivity contribution >= 4 is 35.0 Å². The fourth-order valence-electron chi connectivity index (χ4n) is 5.65. The zero-order chi connectivity index (χ0) is 29.0. The molecule has 3 aromatic carbocycles. The van der Waals surface area contributed by atoms with Crippen LogP contribution < -0.4 is 10.6 Å². The predicted octanol–water partition coefficient (Wildman–Crippen LogP) is 6.76. The minimum atomic E-state index is -0.647. The summed E-state index contributed by atoms with van der Waals surface area (Å²) in [6.45, 7) is 11.0.